The van der Waals surface area contributed by atoms with Crippen molar-refractivity contribution in [1.29, 1.82) is 0 Å². The molecule has 0 unspecified atom stereocenters. The fraction of sp³-hybridized carbons (Fsp3) is 0.333. The molecule has 0 aromatic heterocycles. The number of hydrogen-bond donors (Lipinski definition) is 3. The average molecular weight is 274 g/mol. The molecule has 5 nitrogen and oxygen atoms in total. The summed E-state index contributed by atoms with van der Waals surface area (Å²) in [5, 5.41) is 8.98. The van der Waals surface area contributed by atoms with Crippen molar-refractivity contribution in [1.82, 2.24) is 16.0 Å². The Hall–Kier alpha value is -2.30. The van der Waals surface area contributed by atoms with Crippen LogP contribution in [0.1, 0.15) is 12.0 Å². The molecule has 1 aromatic carbocycles. The van der Waals surface area contributed by atoms with Crippen LogP contribution < -0.4 is 16.0 Å². The van der Waals surface area contributed by atoms with Crippen LogP contribution in [0.3, 0.4) is 0 Å². The summed E-state index contributed by atoms with van der Waals surface area (Å²) in [6, 6.07) is 9.84. The molecule has 20 heavy (non-hydrogen) atoms. The van der Waals surface area contributed by atoms with Gasteiger partial charge in [-0.15, -0.1) is 6.58 Å². The lowest BCUT2D eigenvalue weighted by atomic mass is 10.2. The van der Waals surface area contributed by atoms with E-state index in [1.165, 1.54) is 0 Å². The normalized spacial score (nSPS) is 10.8. The second-order valence-electron chi connectivity index (χ2n) is 4.18. The van der Waals surface area contributed by atoms with Gasteiger partial charge in [-0.3, -0.25) is 9.79 Å². The van der Waals surface area contributed by atoms with E-state index < -0.39 is 0 Å². The summed E-state index contributed by atoms with van der Waals surface area (Å²) in [6.07, 6.45) is 2.15. The van der Waals surface area contributed by atoms with Crippen molar-refractivity contribution in [2.45, 2.75) is 13.0 Å². The fourth-order valence-corrected chi connectivity index (χ4v) is 1.57. The Balaban J connectivity index is 2.18. The molecule has 3 N–H and O–H groups in total. The molecule has 1 rings (SSSR count). The summed E-state index contributed by atoms with van der Waals surface area (Å²) in [5.74, 6) is 0.682. The van der Waals surface area contributed by atoms with Crippen LogP contribution >= 0.6 is 0 Å². The summed E-state index contributed by atoms with van der Waals surface area (Å²) in [6.45, 7) is 5.36. The Labute approximate surface area is 120 Å². The number of guanidine groups is 1. The molecule has 0 heterocycles. The van der Waals surface area contributed by atoms with Crippen molar-refractivity contribution in [3.05, 3.63) is 48.6 Å². The van der Waals surface area contributed by atoms with E-state index in [1.807, 2.05) is 30.3 Å². The minimum Gasteiger partial charge on any atom is -0.356 e. The maximum Gasteiger partial charge on any atom is 0.222 e. The van der Waals surface area contributed by atoms with Gasteiger partial charge in [-0.1, -0.05) is 36.4 Å². The summed E-state index contributed by atoms with van der Waals surface area (Å²) in [4.78, 5) is 15.7. The van der Waals surface area contributed by atoms with Gasteiger partial charge < -0.3 is 16.0 Å². The highest BCUT2D eigenvalue weighted by atomic mass is 16.1. The van der Waals surface area contributed by atoms with Crippen molar-refractivity contribution in [2.75, 3.05) is 20.1 Å². The molecule has 108 valence electrons. The molecule has 0 aliphatic carbocycles. The first-order valence-electron chi connectivity index (χ1n) is 6.62. The number of amides is 1. The largest absolute Gasteiger partial charge is 0.356 e. The first-order chi connectivity index (χ1) is 9.76. The van der Waals surface area contributed by atoms with E-state index in [4.69, 9.17) is 0 Å². The van der Waals surface area contributed by atoms with Gasteiger partial charge >= 0.3 is 0 Å². The van der Waals surface area contributed by atoms with Gasteiger partial charge in [0.1, 0.15) is 0 Å². The number of nitrogens with one attached hydrogen (secondary N) is 3. The molecule has 0 aliphatic rings. The third kappa shape index (κ3) is 6.58. The predicted molar refractivity (Wildman–Crippen MR) is 82.5 cm³/mol. The summed E-state index contributed by atoms with van der Waals surface area (Å²) in [5.41, 5.74) is 1.09. The highest BCUT2D eigenvalue weighted by Crippen LogP contribution is 1.97. The van der Waals surface area contributed by atoms with Crippen LogP contribution in [0.2, 0.25) is 0 Å². The van der Waals surface area contributed by atoms with E-state index in [-0.39, 0.29) is 5.91 Å². The molecule has 0 atom stereocenters. The van der Waals surface area contributed by atoms with Gasteiger partial charge in [0, 0.05) is 33.1 Å². The van der Waals surface area contributed by atoms with Gasteiger partial charge in [-0.2, -0.15) is 0 Å². The van der Waals surface area contributed by atoms with E-state index in [2.05, 4.69) is 27.5 Å². The zero-order valence-electron chi connectivity index (χ0n) is 11.9. The minimum absolute atomic E-state index is 0.0144. The van der Waals surface area contributed by atoms with Crippen molar-refractivity contribution in [3.63, 3.8) is 0 Å². The Morgan fingerprint density at radius 1 is 1.25 bits per heavy atom. The number of benzene rings is 1. The second-order valence-corrected chi connectivity index (χ2v) is 4.18. The third-order valence-corrected chi connectivity index (χ3v) is 2.61. The fourth-order valence-electron chi connectivity index (χ4n) is 1.57. The molecule has 0 radical (unpaired) electrons. The maximum atomic E-state index is 11.7. The quantitative estimate of drug-likeness (QED) is 0.395. The number of aliphatic imine (C=N–C) groups is 1. The van der Waals surface area contributed by atoms with Crippen LogP contribution in [0.15, 0.2) is 48.0 Å². The highest BCUT2D eigenvalue weighted by molar-refractivity contribution is 5.81. The minimum atomic E-state index is 0.0144. The van der Waals surface area contributed by atoms with Crippen LogP contribution in [-0.2, 0) is 11.3 Å². The Bertz CT molecular complexity index is 442. The Kier molecular flexibility index (Phi) is 7.57. The SMILES string of the molecule is C=CCNC(=NC)NCCC(=O)NCc1ccccc1. The monoisotopic (exact) mass is 274 g/mol. The van der Waals surface area contributed by atoms with Crippen molar-refractivity contribution in [3.8, 4) is 0 Å². The average Bonchev–Trinajstić information content (AvgIpc) is 2.49. The number of nitrogens with zero attached hydrogens (tertiary/aromatic N) is 1. The highest BCUT2D eigenvalue weighted by Gasteiger charge is 2.02. The molecule has 0 fully saturated rings. The molecule has 0 saturated heterocycles. The predicted octanol–water partition coefficient (Wildman–Crippen LogP) is 1.04. The zero-order valence-corrected chi connectivity index (χ0v) is 11.9. The van der Waals surface area contributed by atoms with Gasteiger partial charge in [0.2, 0.25) is 5.91 Å². The third-order valence-electron chi connectivity index (χ3n) is 2.61. The molecule has 1 aromatic rings. The summed E-state index contributed by atoms with van der Waals surface area (Å²) < 4.78 is 0. The topological polar surface area (TPSA) is 65.5 Å². The molecular weight excluding hydrogens is 252 g/mol. The molecule has 0 aliphatic heterocycles. The molecule has 0 saturated carbocycles. The number of carbonyl (C=O) groups is 1. The van der Waals surface area contributed by atoms with Gasteiger partial charge in [0.25, 0.3) is 0 Å². The van der Waals surface area contributed by atoms with E-state index in [0.717, 1.165) is 5.56 Å². The number of carbonyl (C=O) groups excluding carboxylic acids is 1. The molecule has 1 amide bonds. The smallest absolute Gasteiger partial charge is 0.222 e. The van der Waals surface area contributed by atoms with Crippen LogP contribution in [0.25, 0.3) is 0 Å². The van der Waals surface area contributed by atoms with E-state index in [9.17, 15) is 4.79 Å². The Morgan fingerprint density at radius 2 is 2.00 bits per heavy atom. The molecular formula is C15H22N4O. The van der Waals surface area contributed by atoms with Crippen LogP contribution in [0, 0.1) is 0 Å². The van der Waals surface area contributed by atoms with Crippen LogP contribution in [-0.4, -0.2) is 32.0 Å². The van der Waals surface area contributed by atoms with Gasteiger partial charge in [-0.05, 0) is 5.56 Å². The van der Waals surface area contributed by atoms with Crippen molar-refractivity contribution < 1.29 is 4.79 Å². The molecule has 5 heteroatoms. The van der Waals surface area contributed by atoms with Gasteiger partial charge in [-0.25, -0.2) is 0 Å². The van der Waals surface area contributed by atoms with Crippen LogP contribution in [0.5, 0.6) is 0 Å². The maximum absolute atomic E-state index is 11.7. The first kappa shape index (κ1) is 15.8. The summed E-state index contributed by atoms with van der Waals surface area (Å²) in [7, 11) is 1.69. The van der Waals surface area contributed by atoms with E-state index in [0.29, 0.717) is 32.0 Å². The zero-order chi connectivity index (χ0) is 14.6. The second kappa shape index (κ2) is 9.61. The standard InChI is InChI=1S/C15H22N4O/c1-3-10-17-15(16-2)18-11-9-14(20)19-12-13-7-5-4-6-8-13/h3-8H,1,9-12H2,2H3,(H,19,20)(H2,16,17,18). The molecule has 0 spiro atoms. The lowest BCUT2D eigenvalue weighted by Gasteiger charge is -2.10. The van der Waals surface area contributed by atoms with Crippen molar-refractivity contribution in [2.24, 2.45) is 4.99 Å². The van der Waals surface area contributed by atoms with Crippen molar-refractivity contribution >= 4 is 11.9 Å². The van der Waals surface area contributed by atoms with E-state index >= 15 is 0 Å². The Morgan fingerprint density at radius 3 is 2.65 bits per heavy atom. The lowest BCUT2D eigenvalue weighted by Crippen LogP contribution is -2.39. The lowest BCUT2D eigenvalue weighted by molar-refractivity contribution is -0.121. The van der Waals surface area contributed by atoms with Gasteiger partial charge in [0.15, 0.2) is 5.96 Å². The first-order valence-corrected chi connectivity index (χ1v) is 6.62. The summed E-state index contributed by atoms with van der Waals surface area (Å²) >= 11 is 0. The molecule has 0 bridgehead atoms. The van der Waals surface area contributed by atoms with Gasteiger partial charge in [0.05, 0.1) is 0 Å². The number of rotatable bonds is 7. The number of hydrogen-bond acceptors (Lipinski definition) is 2. The van der Waals surface area contributed by atoms with Crippen LogP contribution in [0.4, 0.5) is 0 Å². The van der Waals surface area contributed by atoms with E-state index in [1.54, 1.807) is 13.1 Å².